The van der Waals surface area contributed by atoms with Crippen LogP contribution in [0.5, 0.6) is 34.5 Å². The molecule has 218 valence electrons. The summed E-state index contributed by atoms with van der Waals surface area (Å²) in [6.07, 6.45) is -4.39. The van der Waals surface area contributed by atoms with Crippen molar-refractivity contribution in [2.75, 3.05) is 20.8 Å². The van der Waals surface area contributed by atoms with Gasteiger partial charge in [0, 0.05) is 6.07 Å². The molecular weight excluding hydrogens is 540 g/mol. The zero-order valence-corrected chi connectivity index (χ0v) is 22.1. The van der Waals surface area contributed by atoms with Gasteiger partial charge in [0.1, 0.15) is 48.3 Å². The van der Waals surface area contributed by atoms with Crippen molar-refractivity contribution in [2.45, 2.75) is 30.7 Å². The summed E-state index contributed by atoms with van der Waals surface area (Å²) in [5.41, 5.74) is 1.30. The van der Waals surface area contributed by atoms with Crippen LogP contribution in [0.3, 0.4) is 0 Å². The van der Waals surface area contributed by atoms with Gasteiger partial charge in [-0.3, -0.25) is 0 Å². The van der Waals surface area contributed by atoms with Crippen molar-refractivity contribution in [3.8, 4) is 34.5 Å². The summed E-state index contributed by atoms with van der Waals surface area (Å²) in [4.78, 5) is 12.7. The molecule has 0 unspecified atom stereocenters. The van der Waals surface area contributed by atoms with Crippen LogP contribution in [0, 0.1) is 0 Å². The Labute approximate surface area is 234 Å². The first-order chi connectivity index (χ1) is 19.6. The molecule has 41 heavy (non-hydrogen) atoms. The topological polar surface area (TPSA) is 185 Å². The van der Waals surface area contributed by atoms with E-state index >= 15 is 0 Å². The highest BCUT2D eigenvalue weighted by Crippen LogP contribution is 2.37. The fourth-order valence-electron chi connectivity index (χ4n) is 4.09. The minimum atomic E-state index is -1.71. The number of benzene rings is 3. The highest BCUT2D eigenvalue weighted by Gasteiger charge is 2.45. The molecule has 0 aliphatic carbocycles. The number of aromatic hydroxyl groups is 3. The molecule has 4 rings (SSSR count). The molecule has 3 aromatic carbocycles. The number of phenols is 3. The lowest BCUT2D eigenvalue weighted by atomic mass is 9.99. The molecule has 1 heterocycles. The van der Waals surface area contributed by atoms with E-state index in [2.05, 4.69) is 0 Å². The molecule has 12 nitrogen and oxygen atoms in total. The monoisotopic (exact) mass is 570 g/mol. The van der Waals surface area contributed by atoms with Crippen LogP contribution in [-0.2, 0) is 9.47 Å². The molecule has 0 amide bonds. The Balaban J connectivity index is 1.45. The van der Waals surface area contributed by atoms with Gasteiger partial charge < -0.3 is 54.3 Å². The summed E-state index contributed by atoms with van der Waals surface area (Å²) in [6.45, 7) is -0.532. The van der Waals surface area contributed by atoms with Crippen LogP contribution >= 0.6 is 0 Å². The molecule has 1 fully saturated rings. The molecule has 1 aliphatic rings. The van der Waals surface area contributed by atoms with Crippen molar-refractivity contribution < 1.29 is 59.1 Å². The van der Waals surface area contributed by atoms with Gasteiger partial charge in [-0.05, 0) is 47.5 Å². The number of esters is 1. The number of ether oxygens (including phenoxy) is 5. The fraction of sp³-hybridized carbons (Fsp3) is 0.276. The third-order valence-electron chi connectivity index (χ3n) is 6.29. The highest BCUT2D eigenvalue weighted by atomic mass is 16.7. The van der Waals surface area contributed by atoms with E-state index in [1.54, 1.807) is 30.4 Å². The van der Waals surface area contributed by atoms with Crippen LogP contribution in [0.25, 0.3) is 12.2 Å². The second-order valence-corrected chi connectivity index (χ2v) is 9.15. The molecule has 3 aromatic rings. The minimum absolute atomic E-state index is 0.0252. The second-order valence-electron chi connectivity index (χ2n) is 9.15. The first-order valence-electron chi connectivity index (χ1n) is 12.4. The van der Waals surface area contributed by atoms with E-state index in [4.69, 9.17) is 23.7 Å². The molecule has 0 spiro atoms. The summed E-state index contributed by atoms with van der Waals surface area (Å²) in [5, 5.41) is 61.0. The highest BCUT2D eigenvalue weighted by molar-refractivity contribution is 5.91. The number of carbonyl (C=O) groups excluding carboxylic acids is 1. The molecule has 0 radical (unpaired) electrons. The van der Waals surface area contributed by atoms with Gasteiger partial charge in [-0.2, -0.15) is 0 Å². The minimum Gasteiger partial charge on any atom is -0.508 e. The molecule has 1 aliphatic heterocycles. The van der Waals surface area contributed by atoms with Crippen molar-refractivity contribution in [1.29, 1.82) is 0 Å². The molecule has 0 aromatic heterocycles. The average molecular weight is 571 g/mol. The normalized spacial score (nSPS) is 22.3. The zero-order valence-electron chi connectivity index (χ0n) is 22.1. The van der Waals surface area contributed by atoms with E-state index in [0.29, 0.717) is 5.56 Å². The predicted molar refractivity (Wildman–Crippen MR) is 144 cm³/mol. The maximum absolute atomic E-state index is 12.7. The molecule has 1 saturated heterocycles. The first kappa shape index (κ1) is 29.5. The van der Waals surface area contributed by atoms with Gasteiger partial charge >= 0.3 is 5.97 Å². The lowest BCUT2D eigenvalue weighted by Gasteiger charge is -2.39. The maximum atomic E-state index is 12.7. The zero-order chi connectivity index (χ0) is 29.7. The van der Waals surface area contributed by atoms with Gasteiger partial charge in [0.2, 0.25) is 12.0 Å². The SMILES string of the molecule is COc1cc(C(=O)OC[C@H]2O[C@@H](Oc3cc(O)cc(/C=C/c4ccc(O)cc4)c3)[C@H](O)[C@@H](O)[C@@H]2O)cc(OC)c1O. The van der Waals surface area contributed by atoms with Crippen molar-refractivity contribution >= 4 is 18.1 Å². The third kappa shape index (κ3) is 6.99. The van der Waals surface area contributed by atoms with Gasteiger partial charge in [0.15, 0.2) is 11.5 Å². The number of methoxy groups -OCH3 is 2. The van der Waals surface area contributed by atoms with Gasteiger partial charge in [0.25, 0.3) is 0 Å². The Morgan fingerprint density at radius 3 is 2.07 bits per heavy atom. The van der Waals surface area contributed by atoms with Crippen LogP contribution in [0.1, 0.15) is 21.5 Å². The molecule has 0 saturated carbocycles. The fourth-order valence-corrected chi connectivity index (χ4v) is 4.09. The summed E-state index contributed by atoms with van der Waals surface area (Å²) < 4.78 is 26.6. The van der Waals surface area contributed by atoms with Crippen LogP contribution in [0.15, 0.2) is 54.6 Å². The Morgan fingerprint density at radius 2 is 1.44 bits per heavy atom. The van der Waals surface area contributed by atoms with Crippen LogP contribution in [-0.4, -0.2) is 88.1 Å². The quantitative estimate of drug-likeness (QED) is 0.163. The number of aliphatic hydroxyl groups is 3. The molecule has 0 bridgehead atoms. The molecule has 12 heteroatoms. The van der Waals surface area contributed by atoms with E-state index in [0.717, 1.165) is 5.56 Å². The number of phenolic OH excluding ortho intramolecular Hbond substituents is 3. The van der Waals surface area contributed by atoms with Crippen LogP contribution < -0.4 is 14.2 Å². The smallest absolute Gasteiger partial charge is 0.338 e. The number of aliphatic hydroxyl groups excluding tert-OH is 3. The van der Waals surface area contributed by atoms with Gasteiger partial charge in [-0.15, -0.1) is 0 Å². The van der Waals surface area contributed by atoms with Crippen molar-refractivity contribution in [1.82, 2.24) is 0 Å². The standard InChI is InChI=1S/C29H30O12/c1-37-21-11-17(12-22(38-2)24(21)32)28(36)39-14-23-25(33)26(34)27(35)29(41-23)40-20-10-16(9-19(31)13-20)4-3-15-5-7-18(30)8-6-15/h3-13,23,25-27,29-35H,14H2,1-2H3/b4-3+/t23-,25-,26+,27-,29-/m1/s1. The molecule has 6 N–H and O–H groups in total. The lowest BCUT2D eigenvalue weighted by Crippen LogP contribution is -2.60. The summed E-state index contributed by atoms with van der Waals surface area (Å²) in [5.74, 6) is -1.16. The Bertz CT molecular complexity index is 1360. The Kier molecular flexibility index (Phi) is 9.20. The number of hydrogen-bond acceptors (Lipinski definition) is 12. The van der Waals surface area contributed by atoms with Gasteiger partial charge in [-0.25, -0.2) is 4.79 Å². The lowest BCUT2D eigenvalue weighted by molar-refractivity contribution is -0.277. The van der Waals surface area contributed by atoms with Crippen molar-refractivity contribution in [3.63, 3.8) is 0 Å². The Morgan fingerprint density at radius 1 is 0.805 bits per heavy atom. The van der Waals surface area contributed by atoms with Crippen molar-refractivity contribution in [3.05, 3.63) is 71.3 Å². The maximum Gasteiger partial charge on any atom is 0.338 e. The van der Waals surface area contributed by atoms with E-state index in [1.165, 1.54) is 50.6 Å². The third-order valence-corrected chi connectivity index (χ3v) is 6.29. The summed E-state index contributed by atoms with van der Waals surface area (Å²) >= 11 is 0. The summed E-state index contributed by atoms with van der Waals surface area (Å²) in [7, 11) is 2.59. The number of rotatable bonds is 9. The van der Waals surface area contributed by atoms with E-state index < -0.39 is 43.3 Å². The van der Waals surface area contributed by atoms with Gasteiger partial charge in [0.05, 0.1) is 19.8 Å². The van der Waals surface area contributed by atoms with E-state index in [1.807, 2.05) is 0 Å². The largest absolute Gasteiger partial charge is 0.508 e. The van der Waals surface area contributed by atoms with Gasteiger partial charge in [-0.1, -0.05) is 24.3 Å². The Hall–Kier alpha value is -4.49. The molecular formula is C29H30O12. The van der Waals surface area contributed by atoms with Crippen LogP contribution in [0.4, 0.5) is 0 Å². The van der Waals surface area contributed by atoms with E-state index in [9.17, 15) is 35.4 Å². The van der Waals surface area contributed by atoms with Crippen LogP contribution in [0.2, 0.25) is 0 Å². The second kappa shape index (κ2) is 12.8. The molecule has 5 atom stereocenters. The first-order valence-corrected chi connectivity index (χ1v) is 12.4. The number of carbonyl (C=O) groups is 1. The number of hydrogen-bond donors (Lipinski definition) is 6. The predicted octanol–water partition coefficient (Wildman–Crippen LogP) is 2.03. The summed E-state index contributed by atoms with van der Waals surface area (Å²) in [6, 6.07) is 13.2. The van der Waals surface area contributed by atoms with E-state index in [-0.39, 0.29) is 40.1 Å². The van der Waals surface area contributed by atoms with Crippen molar-refractivity contribution in [2.24, 2.45) is 0 Å². The average Bonchev–Trinajstić information content (AvgIpc) is 2.96.